The summed E-state index contributed by atoms with van der Waals surface area (Å²) in [5.41, 5.74) is 7.02. The molecule has 4 aliphatic rings. The number of likely N-dealkylation sites (tertiary alicyclic amines) is 1. The Morgan fingerprint density at radius 3 is 2.51 bits per heavy atom. The van der Waals surface area contributed by atoms with Crippen LogP contribution in [0.4, 0.5) is 0 Å². The maximum Gasteiger partial charge on any atom is 0.252 e. The highest BCUT2D eigenvalue weighted by molar-refractivity contribution is 6.09. The van der Waals surface area contributed by atoms with E-state index in [0.29, 0.717) is 57.4 Å². The quantitative estimate of drug-likeness (QED) is 0.165. The molecule has 5 amide bonds. The zero-order valence-electron chi connectivity index (χ0n) is 33.2. The minimum atomic E-state index is -1.58. The van der Waals surface area contributed by atoms with Crippen molar-refractivity contribution in [2.45, 2.75) is 76.5 Å². The van der Waals surface area contributed by atoms with E-state index in [1.54, 1.807) is 41.4 Å². The number of hydrogen-bond donors (Lipinski definition) is 4. The Morgan fingerprint density at radius 1 is 1.04 bits per heavy atom. The molecule has 0 saturated carbocycles. The number of H-pyrrole nitrogens is 1. The number of carbonyl (C=O) groups is 6. The van der Waals surface area contributed by atoms with E-state index < -0.39 is 47.3 Å². The molecule has 14 nitrogen and oxygen atoms in total. The minimum absolute atomic E-state index is 0.0209. The van der Waals surface area contributed by atoms with Crippen LogP contribution in [0.2, 0.25) is 0 Å². The average Bonchev–Trinajstić information content (AvgIpc) is 3.92. The fraction of sp³-hybridized carbons (Fsp3) is 0.488. The third-order valence-electron chi connectivity index (χ3n) is 12.1. The van der Waals surface area contributed by atoms with Gasteiger partial charge in [0.15, 0.2) is 5.41 Å². The molecule has 6 atom stereocenters. The summed E-state index contributed by atoms with van der Waals surface area (Å²) < 4.78 is 0. The number of nitrogens with two attached hydrogens (primary N) is 1. The second-order valence-corrected chi connectivity index (χ2v) is 15.5. The van der Waals surface area contributed by atoms with Crippen molar-refractivity contribution in [3.63, 3.8) is 0 Å². The number of likely N-dealkylation sites (N-methyl/N-ethyl adjacent to an activating group) is 1. The van der Waals surface area contributed by atoms with Gasteiger partial charge < -0.3 is 40.8 Å². The molecule has 2 fully saturated rings. The minimum Gasteiger partial charge on any atom is -0.361 e. The van der Waals surface area contributed by atoms with Crippen LogP contribution in [0, 0.1) is 11.3 Å². The Balaban J connectivity index is 1.30. The molecule has 1 aromatic carbocycles. The van der Waals surface area contributed by atoms with Crippen molar-refractivity contribution in [3.8, 4) is 0 Å². The molecule has 2 aromatic rings. The Kier molecular flexibility index (Phi) is 13.4. The van der Waals surface area contributed by atoms with Gasteiger partial charge in [0.1, 0.15) is 12.3 Å². The van der Waals surface area contributed by atoms with Gasteiger partial charge in [-0.15, -0.1) is 0 Å². The molecule has 2 saturated heterocycles. The molecule has 1 aromatic heterocycles. The van der Waals surface area contributed by atoms with Crippen LogP contribution in [-0.4, -0.2) is 131 Å². The second-order valence-electron chi connectivity index (χ2n) is 15.5. The number of imide groups is 1. The molecule has 3 aliphatic heterocycles. The first-order valence-electron chi connectivity index (χ1n) is 20.2. The van der Waals surface area contributed by atoms with Gasteiger partial charge in [-0.3, -0.25) is 28.9 Å². The standard InChI is InChI=1S/C43H56N8O6/c1-4-29(2)37(44)40(55)51(32(28-52)25-30-27-47-34-15-7-6-14-33(30)34)39(54)36-16-12-22-50(36)38(53)35(45-3)26-31-13-8-9-17-43(31,41(56)48-20-10-5-11-21-48)42(57)49-23-18-46-19-24-49/h5-11,13-15,20,27-29,32,35-37,45-47H,4,12,16-19,21-26,44H2,1-3H3. The maximum absolute atomic E-state index is 14.8. The molecule has 57 heavy (non-hydrogen) atoms. The van der Waals surface area contributed by atoms with Crippen LogP contribution in [0.1, 0.15) is 51.5 Å². The highest BCUT2D eigenvalue weighted by Crippen LogP contribution is 2.42. The van der Waals surface area contributed by atoms with Crippen LogP contribution < -0.4 is 16.4 Å². The summed E-state index contributed by atoms with van der Waals surface area (Å²) in [6.45, 7) is 6.40. The van der Waals surface area contributed by atoms with E-state index in [2.05, 4.69) is 15.6 Å². The molecule has 4 heterocycles. The lowest BCUT2D eigenvalue weighted by Gasteiger charge is -2.42. The number of benzene rings is 1. The lowest BCUT2D eigenvalue weighted by atomic mass is 9.69. The number of aldehydes is 1. The van der Waals surface area contributed by atoms with Gasteiger partial charge in [-0.25, -0.2) is 0 Å². The molecular formula is C43H56N8O6. The van der Waals surface area contributed by atoms with Gasteiger partial charge in [0.25, 0.3) is 5.91 Å². The number of allylic oxidation sites excluding steroid dienone is 5. The molecule has 1 aliphatic carbocycles. The number of para-hydroxylation sites is 1. The van der Waals surface area contributed by atoms with Crippen molar-refractivity contribution < 1.29 is 28.8 Å². The van der Waals surface area contributed by atoms with Crippen LogP contribution in [-0.2, 0) is 35.2 Å². The number of aromatic nitrogens is 1. The van der Waals surface area contributed by atoms with Gasteiger partial charge in [-0.1, -0.05) is 68.8 Å². The summed E-state index contributed by atoms with van der Waals surface area (Å²) in [5.74, 6) is -2.65. The third kappa shape index (κ3) is 8.30. The number of nitrogens with zero attached hydrogens (tertiary/aromatic N) is 4. The fourth-order valence-electron chi connectivity index (χ4n) is 8.49. The van der Waals surface area contributed by atoms with E-state index in [0.717, 1.165) is 21.4 Å². The van der Waals surface area contributed by atoms with Gasteiger partial charge in [0.2, 0.25) is 23.6 Å². The Bertz CT molecular complexity index is 1960. The Labute approximate surface area is 334 Å². The molecule has 0 spiro atoms. The first-order chi connectivity index (χ1) is 27.6. The summed E-state index contributed by atoms with van der Waals surface area (Å²) in [4.78, 5) is 94.8. The number of carbonyl (C=O) groups excluding carboxylic acids is 6. The first-order valence-corrected chi connectivity index (χ1v) is 20.2. The Hall–Kier alpha value is -5.18. The van der Waals surface area contributed by atoms with Crippen molar-refractivity contribution in [3.05, 3.63) is 84.3 Å². The summed E-state index contributed by atoms with van der Waals surface area (Å²) in [6.07, 6.45) is 16.5. The van der Waals surface area contributed by atoms with Crippen molar-refractivity contribution >= 4 is 46.7 Å². The van der Waals surface area contributed by atoms with Crippen LogP contribution in [0.3, 0.4) is 0 Å². The predicted octanol–water partition coefficient (Wildman–Crippen LogP) is 2.19. The molecule has 0 radical (unpaired) electrons. The van der Waals surface area contributed by atoms with E-state index in [1.807, 2.05) is 62.4 Å². The van der Waals surface area contributed by atoms with Crippen molar-refractivity contribution in [1.29, 1.82) is 0 Å². The summed E-state index contributed by atoms with van der Waals surface area (Å²) >= 11 is 0. The van der Waals surface area contributed by atoms with E-state index in [-0.39, 0.29) is 50.0 Å². The summed E-state index contributed by atoms with van der Waals surface area (Å²) in [7, 11) is 1.64. The van der Waals surface area contributed by atoms with Gasteiger partial charge in [-0.2, -0.15) is 0 Å². The highest BCUT2D eigenvalue weighted by atomic mass is 16.2. The topological polar surface area (TPSA) is 181 Å². The van der Waals surface area contributed by atoms with Crippen molar-refractivity contribution in [2.24, 2.45) is 17.1 Å². The number of rotatable bonds is 14. The van der Waals surface area contributed by atoms with Gasteiger partial charge in [0, 0.05) is 69.0 Å². The molecule has 14 heteroatoms. The van der Waals surface area contributed by atoms with Gasteiger partial charge in [-0.05, 0) is 61.9 Å². The number of fused-ring (bicyclic) bond motifs is 1. The lowest BCUT2D eigenvalue weighted by Crippen LogP contribution is -2.60. The Morgan fingerprint density at radius 2 is 1.81 bits per heavy atom. The van der Waals surface area contributed by atoms with Crippen LogP contribution in [0.25, 0.3) is 10.9 Å². The first kappa shape index (κ1) is 41.5. The van der Waals surface area contributed by atoms with Crippen LogP contribution >= 0.6 is 0 Å². The number of amides is 5. The zero-order valence-corrected chi connectivity index (χ0v) is 33.2. The van der Waals surface area contributed by atoms with Crippen molar-refractivity contribution in [2.75, 3.05) is 46.3 Å². The van der Waals surface area contributed by atoms with Gasteiger partial charge in [0.05, 0.1) is 18.1 Å². The molecular weight excluding hydrogens is 725 g/mol. The maximum atomic E-state index is 14.8. The molecule has 304 valence electrons. The van der Waals surface area contributed by atoms with E-state index in [4.69, 9.17) is 5.73 Å². The van der Waals surface area contributed by atoms with E-state index in [9.17, 15) is 28.8 Å². The third-order valence-corrected chi connectivity index (χ3v) is 12.1. The van der Waals surface area contributed by atoms with E-state index in [1.165, 1.54) is 4.90 Å². The number of nitrogens with one attached hydrogen (secondary N) is 3. The fourth-order valence-corrected chi connectivity index (χ4v) is 8.49. The SMILES string of the molecule is CCC(C)C(N)C(=O)N(C(=O)C1CCCN1C(=O)C(CC1=CC=CCC1(C(=O)N1C=CC=CC1)C(=O)N1CCNCC1)NC)C(C=O)Cc1c[nH]c2ccccc12. The predicted molar refractivity (Wildman–Crippen MR) is 217 cm³/mol. The number of hydrogen-bond acceptors (Lipinski definition) is 9. The molecule has 6 rings (SSSR count). The van der Waals surface area contributed by atoms with Crippen LogP contribution in [0.15, 0.2) is 78.7 Å². The smallest absolute Gasteiger partial charge is 0.252 e. The molecule has 5 N–H and O–H groups in total. The van der Waals surface area contributed by atoms with Crippen molar-refractivity contribution in [1.82, 2.24) is 35.2 Å². The average molecular weight is 781 g/mol. The second kappa shape index (κ2) is 18.4. The zero-order chi connectivity index (χ0) is 40.7. The summed E-state index contributed by atoms with van der Waals surface area (Å²) in [6, 6.07) is 3.42. The monoisotopic (exact) mass is 780 g/mol. The van der Waals surface area contributed by atoms with Gasteiger partial charge >= 0.3 is 0 Å². The normalized spacial score (nSPS) is 22.8. The highest BCUT2D eigenvalue weighted by Gasteiger charge is 2.53. The summed E-state index contributed by atoms with van der Waals surface area (Å²) in [5, 5.41) is 7.26. The molecule has 6 unspecified atom stereocenters. The number of piperazine rings is 1. The lowest BCUT2D eigenvalue weighted by molar-refractivity contribution is -0.156. The van der Waals surface area contributed by atoms with Crippen LogP contribution in [0.5, 0.6) is 0 Å². The van der Waals surface area contributed by atoms with E-state index >= 15 is 0 Å². The number of aromatic amines is 1. The molecule has 0 bridgehead atoms. The largest absolute Gasteiger partial charge is 0.361 e.